The number of nitrogens with one attached hydrogen (secondary N) is 2. The number of amides is 1. The number of hydrogen-bond acceptors (Lipinski definition) is 1. The first-order valence-corrected chi connectivity index (χ1v) is 3.16. The van der Waals surface area contributed by atoms with Crippen molar-refractivity contribution in [2.24, 2.45) is 0 Å². The van der Waals surface area contributed by atoms with E-state index in [1.54, 1.807) is 7.05 Å². The van der Waals surface area contributed by atoms with Crippen molar-refractivity contribution < 1.29 is 9.69 Å². The Kier molecular flexibility index (Phi) is 4.05. The summed E-state index contributed by atoms with van der Waals surface area (Å²) in [5.41, 5.74) is 0. The molecule has 0 aromatic carbocycles. The maximum atomic E-state index is 10.6. The van der Waals surface area contributed by atoms with Crippen molar-refractivity contribution in [1.82, 2.24) is 5.32 Å². The summed E-state index contributed by atoms with van der Waals surface area (Å²) in [5, 5.41) is 2.57. The van der Waals surface area contributed by atoms with E-state index in [-0.39, 0.29) is 5.91 Å². The van der Waals surface area contributed by atoms with E-state index in [4.69, 9.17) is 0 Å². The van der Waals surface area contributed by atoms with Crippen molar-refractivity contribution >= 4 is 5.91 Å². The number of quaternary nitrogens is 1. The van der Waals surface area contributed by atoms with E-state index in [0.29, 0.717) is 6.42 Å². The average Bonchev–Trinajstić information content (AvgIpc) is 1.83. The third kappa shape index (κ3) is 5.30. The predicted molar refractivity (Wildman–Crippen MR) is 36.4 cm³/mol. The van der Waals surface area contributed by atoms with Crippen molar-refractivity contribution in [3.63, 3.8) is 0 Å². The fourth-order valence-corrected chi connectivity index (χ4v) is 0.489. The highest BCUT2D eigenvalue weighted by atomic mass is 16.1. The van der Waals surface area contributed by atoms with E-state index < -0.39 is 0 Å². The van der Waals surface area contributed by atoms with Gasteiger partial charge in [0.05, 0.1) is 27.1 Å². The molecule has 0 spiro atoms. The molecular formula is C6H15N2O+. The van der Waals surface area contributed by atoms with Gasteiger partial charge in [-0.3, -0.25) is 4.79 Å². The second kappa shape index (κ2) is 4.32. The van der Waals surface area contributed by atoms with Gasteiger partial charge in [-0.15, -0.1) is 0 Å². The molecule has 1 amide bonds. The summed E-state index contributed by atoms with van der Waals surface area (Å²) in [7, 11) is 5.72. The van der Waals surface area contributed by atoms with Crippen LogP contribution >= 0.6 is 0 Å². The summed E-state index contributed by atoms with van der Waals surface area (Å²) in [6.45, 7) is 0.902. The monoisotopic (exact) mass is 131 g/mol. The Morgan fingerprint density at radius 2 is 2.11 bits per heavy atom. The minimum absolute atomic E-state index is 0.121. The van der Waals surface area contributed by atoms with Crippen LogP contribution in [0.2, 0.25) is 0 Å². The standard InChI is InChI=1S/C6H14N2O/c1-7-6(9)4-5-8(2)3/h4-5H2,1-3H3,(H,7,9)/p+1. The van der Waals surface area contributed by atoms with E-state index in [2.05, 4.69) is 5.32 Å². The topological polar surface area (TPSA) is 33.5 Å². The van der Waals surface area contributed by atoms with E-state index >= 15 is 0 Å². The molecule has 3 heteroatoms. The highest BCUT2D eigenvalue weighted by Crippen LogP contribution is 1.69. The molecule has 0 unspecified atom stereocenters. The lowest BCUT2D eigenvalue weighted by molar-refractivity contribution is -0.857. The van der Waals surface area contributed by atoms with E-state index in [9.17, 15) is 4.79 Å². The van der Waals surface area contributed by atoms with Crippen LogP contribution in [0.5, 0.6) is 0 Å². The zero-order chi connectivity index (χ0) is 7.28. The molecule has 0 saturated carbocycles. The number of carbonyl (C=O) groups is 1. The summed E-state index contributed by atoms with van der Waals surface area (Å²) >= 11 is 0. The Morgan fingerprint density at radius 3 is 2.44 bits per heavy atom. The predicted octanol–water partition coefficient (Wildman–Crippen LogP) is -1.73. The minimum Gasteiger partial charge on any atom is -0.359 e. The molecule has 2 N–H and O–H groups in total. The molecule has 0 fully saturated rings. The number of rotatable bonds is 3. The van der Waals surface area contributed by atoms with Gasteiger partial charge in [0.15, 0.2) is 0 Å². The Hall–Kier alpha value is -0.570. The summed E-state index contributed by atoms with van der Waals surface area (Å²) in [4.78, 5) is 11.9. The fraction of sp³-hybridized carbons (Fsp3) is 0.833. The van der Waals surface area contributed by atoms with Gasteiger partial charge < -0.3 is 10.2 Å². The van der Waals surface area contributed by atoms with E-state index in [1.807, 2.05) is 14.1 Å². The molecule has 9 heavy (non-hydrogen) atoms. The second-order valence-corrected chi connectivity index (χ2v) is 2.38. The Balaban J connectivity index is 3.17. The zero-order valence-corrected chi connectivity index (χ0v) is 6.32. The molecule has 0 aliphatic carbocycles. The van der Waals surface area contributed by atoms with Crippen LogP contribution in [0.1, 0.15) is 6.42 Å². The van der Waals surface area contributed by atoms with Gasteiger partial charge in [-0.2, -0.15) is 0 Å². The quantitative estimate of drug-likeness (QED) is 0.469. The van der Waals surface area contributed by atoms with Gasteiger partial charge in [0, 0.05) is 7.05 Å². The van der Waals surface area contributed by atoms with Crippen LogP contribution in [-0.4, -0.2) is 33.6 Å². The Morgan fingerprint density at radius 1 is 1.56 bits per heavy atom. The van der Waals surface area contributed by atoms with Crippen molar-refractivity contribution in [3.05, 3.63) is 0 Å². The molecule has 0 radical (unpaired) electrons. The van der Waals surface area contributed by atoms with E-state index in [1.165, 1.54) is 4.90 Å². The molecule has 0 aliphatic rings. The van der Waals surface area contributed by atoms with Crippen LogP contribution in [0.4, 0.5) is 0 Å². The van der Waals surface area contributed by atoms with Gasteiger partial charge in [-0.05, 0) is 0 Å². The highest BCUT2D eigenvalue weighted by molar-refractivity contribution is 5.75. The van der Waals surface area contributed by atoms with E-state index in [0.717, 1.165) is 6.54 Å². The van der Waals surface area contributed by atoms with Gasteiger partial charge in [0.2, 0.25) is 5.91 Å². The van der Waals surface area contributed by atoms with Gasteiger partial charge >= 0.3 is 0 Å². The zero-order valence-electron chi connectivity index (χ0n) is 6.32. The van der Waals surface area contributed by atoms with Crippen LogP contribution < -0.4 is 10.2 Å². The lowest BCUT2D eigenvalue weighted by atomic mass is 10.4. The molecule has 0 aromatic heterocycles. The molecule has 0 rings (SSSR count). The largest absolute Gasteiger partial charge is 0.359 e. The number of hydrogen-bond donors (Lipinski definition) is 2. The molecule has 0 aliphatic heterocycles. The van der Waals surface area contributed by atoms with Gasteiger partial charge in [0.1, 0.15) is 0 Å². The summed E-state index contributed by atoms with van der Waals surface area (Å²) < 4.78 is 0. The number of carbonyl (C=O) groups excluding carboxylic acids is 1. The SMILES string of the molecule is CNC(=O)CC[NH+](C)C. The molecule has 0 bridgehead atoms. The van der Waals surface area contributed by atoms with Crippen LogP contribution in [-0.2, 0) is 4.79 Å². The lowest BCUT2D eigenvalue weighted by Crippen LogP contribution is -3.05. The maximum Gasteiger partial charge on any atom is 0.225 e. The minimum atomic E-state index is 0.121. The molecule has 0 aromatic rings. The second-order valence-electron chi connectivity index (χ2n) is 2.38. The summed E-state index contributed by atoms with van der Waals surface area (Å²) in [6.07, 6.45) is 0.624. The Bertz CT molecular complexity index is 91.1. The van der Waals surface area contributed by atoms with Crippen molar-refractivity contribution in [1.29, 1.82) is 0 Å². The first-order valence-electron chi connectivity index (χ1n) is 3.16. The van der Waals surface area contributed by atoms with Crippen LogP contribution in [0, 0.1) is 0 Å². The molecule has 0 atom stereocenters. The normalized spacial score (nSPS) is 9.78. The fourth-order valence-electron chi connectivity index (χ4n) is 0.489. The first-order chi connectivity index (χ1) is 4.16. The Labute approximate surface area is 56.0 Å². The third-order valence-electron chi connectivity index (χ3n) is 1.13. The third-order valence-corrected chi connectivity index (χ3v) is 1.13. The highest BCUT2D eigenvalue weighted by Gasteiger charge is 1.99. The van der Waals surface area contributed by atoms with Gasteiger partial charge in [0.25, 0.3) is 0 Å². The van der Waals surface area contributed by atoms with Crippen molar-refractivity contribution in [3.8, 4) is 0 Å². The van der Waals surface area contributed by atoms with Crippen molar-refractivity contribution in [2.45, 2.75) is 6.42 Å². The van der Waals surface area contributed by atoms with Crippen LogP contribution in [0.25, 0.3) is 0 Å². The van der Waals surface area contributed by atoms with Crippen molar-refractivity contribution in [2.75, 3.05) is 27.7 Å². The molecular weight excluding hydrogens is 116 g/mol. The van der Waals surface area contributed by atoms with Gasteiger partial charge in [-0.1, -0.05) is 0 Å². The summed E-state index contributed by atoms with van der Waals surface area (Å²) in [5.74, 6) is 0.121. The summed E-state index contributed by atoms with van der Waals surface area (Å²) in [6, 6.07) is 0. The lowest BCUT2D eigenvalue weighted by Gasteiger charge is -2.04. The van der Waals surface area contributed by atoms with Crippen LogP contribution in [0.3, 0.4) is 0 Å². The van der Waals surface area contributed by atoms with Crippen LogP contribution in [0.15, 0.2) is 0 Å². The maximum absolute atomic E-state index is 10.6. The molecule has 0 heterocycles. The smallest absolute Gasteiger partial charge is 0.225 e. The molecule has 54 valence electrons. The first kappa shape index (κ1) is 8.43. The van der Waals surface area contributed by atoms with Gasteiger partial charge in [-0.25, -0.2) is 0 Å². The molecule has 0 saturated heterocycles. The average molecular weight is 131 g/mol. The molecule has 3 nitrogen and oxygen atoms in total.